The Morgan fingerprint density at radius 3 is 2.32 bits per heavy atom. The third-order valence-corrected chi connectivity index (χ3v) is 3.15. The minimum atomic E-state index is -0.554. The van der Waals surface area contributed by atoms with E-state index in [-0.39, 0.29) is 28.0 Å². The van der Waals surface area contributed by atoms with Crippen molar-refractivity contribution >= 4 is 40.3 Å². The van der Waals surface area contributed by atoms with Crippen LogP contribution >= 0.6 is 22.6 Å². The van der Waals surface area contributed by atoms with Gasteiger partial charge in [0.25, 0.3) is 5.56 Å². The smallest absolute Gasteiger partial charge is 0.325 e. The third kappa shape index (κ3) is 4.19. The van der Waals surface area contributed by atoms with Crippen molar-refractivity contribution in [2.75, 3.05) is 32.2 Å². The number of aromatic amines is 1. The molecule has 1 aromatic heterocycles. The molecule has 0 bridgehead atoms. The zero-order valence-corrected chi connectivity index (χ0v) is 12.5. The SMILES string of the molecule is COC(=O)CN(CC(=O)OC)c1nc[nH]c(=O)c1I. The van der Waals surface area contributed by atoms with Gasteiger partial charge in [0.15, 0.2) is 5.82 Å². The van der Waals surface area contributed by atoms with E-state index in [0.717, 1.165) is 0 Å². The molecule has 0 aliphatic rings. The van der Waals surface area contributed by atoms with Crippen LogP contribution in [-0.2, 0) is 19.1 Å². The number of nitrogens with one attached hydrogen (secondary N) is 1. The molecule has 0 aliphatic carbocycles. The van der Waals surface area contributed by atoms with E-state index in [2.05, 4.69) is 19.4 Å². The summed E-state index contributed by atoms with van der Waals surface area (Å²) in [5, 5.41) is 0. The van der Waals surface area contributed by atoms with Gasteiger partial charge in [-0.2, -0.15) is 0 Å². The summed E-state index contributed by atoms with van der Waals surface area (Å²) in [7, 11) is 2.46. The maximum atomic E-state index is 11.5. The molecule has 0 radical (unpaired) electrons. The van der Waals surface area contributed by atoms with Crippen LogP contribution in [0.15, 0.2) is 11.1 Å². The molecule has 1 N–H and O–H groups in total. The Kier molecular flexibility index (Phi) is 5.73. The van der Waals surface area contributed by atoms with E-state index < -0.39 is 11.9 Å². The van der Waals surface area contributed by atoms with Crippen LogP contribution in [0, 0.1) is 3.57 Å². The number of ether oxygens (including phenoxy) is 2. The Morgan fingerprint density at radius 2 is 1.84 bits per heavy atom. The molecule has 9 heteroatoms. The number of carbonyl (C=O) groups excluding carboxylic acids is 2. The first-order valence-corrected chi connectivity index (χ1v) is 6.19. The van der Waals surface area contributed by atoms with E-state index in [0.29, 0.717) is 0 Å². The molecule has 19 heavy (non-hydrogen) atoms. The van der Waals surface area contributed by atoms with Gasteiger partial charge < -0.3 is 19.4 Å². The van der Waals surface area contributed by atoms with Gasteiger partial charge in [-0.25, -0.2) is 4.98 Å². The molecule has 0 amide bonds. The standard InChI is InChI=1S/C10H12IN3O5/c1-18-6(15)3-14(4-7(16)19-2)9-8(11)10(17)13-5-12-9/h5H,3-4H2,1-2H3,(H,12,13,17). The highest BCUT2D eigenvalue weighted by atomic mass is 127. The molecule has 0 fully saturated rings. The fourth-order valence-corrected chi connectivity index (χ4v) is 1.88. The van der Waals surface area contributed by atoms with Gasteiger partial charge in [-0.1, -0.05) is 0 Å². The Hall–Kier alpha value is -1.65. The maximum absolute atomic E-state index is 11.5. The summed E-state index contributed by atoms with van der Waals surface area (Å²) in [6, 6.07) is 0. The number of nitrogens with zero attached hydrogens (tertiary/aromatic N) is 2. The predicted octanol–water partition coefficient (Wildman–Crippen LogP) is -0.473. The minimum absolute atomic E-state index is 0.210. The fraction of sp³-hybridized carbons (Fsp3) is 0.400. The fourth-order valence-electron chi connectivity index (χ4n) is 1.24. The molecule has 0 spiro atoms. The Morgan fingerprint density at radius 1 is 1.32 bits per heavy atom. The number of hydrogen-bond donors (Lipinski definition) is 1. The number of H-pyrrole nitrogens is 1. The molecule has 0 atom stereocenters. The second-order valence-electron chi connectivity index (χ2n) is 3.38. The minimum Gasteiger partial charge on any atom is -0.468 e. The van der Waals surface area contributed by atoms with E-state index in [1.165, 1.54) is 25.4 Å². The number of esters is 2. The summed E-state index contributed by atoms with van der Waals surface area (Å²) in [6.07, 6.45) is 1.20. The van der Waals surface area contributed by atoms with Crippen LogP contribution in [0.5, 0.6) is 0 Å². The number of aromatic nitrogens is 2. The van der Waals surface area contributed by atoms with Crippen LogP contribution < -0.4 is 10.5 Å². The summed E-state index contributed by atoms with van der Waals surface area (Å²) >= 11 is 1.79. The summed E-state index contributed by atoms with van der Waals surface area (Å²) < 4.78 is 9.35. The number of rotatable bonds is 5. The lowest BCUT2D eigenvalue weighted by atomic mass is 10.4. The van der Waals surface area contributed by atoms with E-state index in [1.54, 1.807) is 22.6 Å². The largest absolute Gasteiger partial charge is 0.468 e. The van der Waals surface area contributed by atoms with Crippen molar-refractivity contribution in [3.63, 3.8) is 0 Å². The molecule has 1 aromatic rings. The zero-order chi connectivity index (χ0) is 14.4. The van der Waals surface area contributed by atoms with Crippen molar-refractivity contribution in [3.8, 4) is 0 Å². The van der Waals surface area contributed by atoms with Crippen LogP contribution in [0.2, 0.25) is 0 Å². The lowest BCUT2D eigenvalue weighted by Crippen LogP contribution is -2.37. The average molecular weight is 381 g/mol. The first-order valence-electron chi connectivity index (χ1n) is 5.11. The molecule has 0 unspecified atom stereocenters. The van der Waals surface area contributed by atoms with Crippen molar-refractivity contribution in [1.82, 2.24) is 9.97 Å². The van der Waals surface area contributed by atoms with Crippen LogP contribution in [0.25, 0.3) is 0 Å². The topological polar surface area (TPSA) is 102 Å². The van der Waals surface area contributed by atoms with Crippen LogP contribution in [0.1, 0.15) is 0 Å². The molecular weight excluding hydrogens is 369 g/mol. The van der Waals surface area contributed by atoms with Crippen molar-refractivity contribution in [1.29, 1.82) is 0 Å². The van der Waals surface area contributed by atoms with Crippen molar-refractivity contribution in [2.24, 2.45) is 0 Å². The van der Waals surface area contributed by atoms with Crippen LogP contribution in [-0.4, -0.2) is 49.2 Å². The predicted molar refractivity (Wildman–Crippen MR) is 73.8 cm³/mol. The Balaban J connectivity index is 3.07. The van der Waals surface area contributed by atoms with Crippen molar-refractivity contribution < 1.29 is 19.1 Å². The van der Waals surface area contributed by atoms with Crippen molar-refractivity contribution in [3.05, 3.63) is 20.3 Å². The van der Waals surface area contributed by atoms with Crippen molar-refractivity contribution in [2.45, 2.75) is 0 Å². The second kappa shape index (κ2) is 7.07. The van der Waals surface area contributed by atoms with Gasteiger partial charge in [0.05, 0.1) is 20.5 Å². The van der Waals surface area contributed by atoms with Gasteiger partial charge in [-0.3, -0.25) is 14.4 Å². The van der Waals surface area contributed by atoms with E-state index in [9.17, 15) is 14.4 Å². The normalized spacial score (nSPS) is 9.84. The van der Waals surface area contributed by atoms with Gasteiger partial charge in [0, 0.05) is 0 Å². The monoisotopic (exact) mass is 381 g/mol. The molecule has 104 valence electrons. The van der Waals surface area contributed by atoms with Gasteiger partial charge in [0.1, 0.15) is 16.7 Å². The molecule has 0 aliphatic heterocycles. The zero-order valence-electron chi connectivity index (χ0n) is 10.3. The third-order valence-electron chi connectivity index (χ3n) is 2.17. The highest BCUT2D eigenvalue weighted by Crippen LogP contribution is 2.15. The second-order valence-corrected chi connectivity index (χ2v) is 4.46. The van der Waals surface area contributed by atoms with Gasteiger partial charge in [0.2, 0.25) is 0 Å². The lowest BCUT2D eigenvalue weighted by molar-refractivity contribution is -0.140. The number of halogens is 1. The highest BCUT2D eigenvalue weighted by molar-refractivity contribution is 14.1. The number of carbonyl (C=O) groups is 2. The Bertz CT molecular complexity index is 512. The molecule has 8 nitrogen and oxygen atoms in total. The number of anilines is 1. The first kappa shape index (κ1) is 15.4. The highest BCUT2D eigenvalue weighted by Gasteiger charge is 2.20. The molecule has 0 saturated carbocycles. The summed E-state index contributed by atoms with van der Waals surface area (Å²) in [5.74, 6) is -0.885. The molecule has 0 saturated heterocycles. The Labute approximate surface area is 122 Å². The summed E-state index contributed by atoms with van der Waals surface area (Å²) in [6.45, 7) is -0.421. The van der Waals surface area contributed by atoms with E-state index >= 15 is 0 Å². The van der Waals surface area contributed by atoms with Gasteiger partial charge in [-0.15, -0.1) is 0 Å². The lowest BCUT2D eigenvalue weighted by Gasteiger charge is -2.21. The number of methoxy groups -OCH3 is 2. The van der Waals surface area contributed by atoms with Crippen LogP contribution in [0.3, 0.4) is 0 Å². The van der Waals surface area contributed by atoms with E-state index in [4.69, 9.17) is 0 Å². The van der Waals surface area contributed by atoms with E-state index in [1.807, 2.05) is 0 Å². The quantitative estimate of drug-likeness (QED) is 0.544. The van der Waals surface area contributed by atoms with Crippen LogP contribution in [0.4, 0.5) is 5.82 Å². The number of hydrogen-bond acceptors (Lipinski definition) is 7. The molecular formula is C10H12IN3O5. The molecule has 1 heterocycles. The van der Waals surface area contributed by atoms with Gasteiger partial charge >= 0.3 is 11.9 Å². The maximum Gasteiger partial charge on any atom is 0.325 e. The average Bonchev–Trinajstić information content (AvgIpc) is 2.40. The van der Waals surface area contributed by atoms with Gasteiger partial charge in [-0.05, 0) is 22.6 Å². The first-order chi connectivity index (χ1) is 8.99. The molecule has 0 aromatic carbocycles. The summed E-state index contributed by atoms with van der Waals surface area (Å²) in [4.78, 5) is 41.8. The summed E-state index contributed by atoms with van der Waals surface area (Å²) in [5.41, 5.74) is -0.356. The molecule has 1 rings (SSSR count).